The van der Waals surface area contributed by atoms with Gasteiger partial charge in [0.2, 0.25) is 10.0 Å². The molecule has 0 saturated carbocycles. The maximum atomic E-state index is 13.0. The summed E-state index contributed by atoms with van der Waals surface area (Å²) in [5.74, 6) is -1.75. The Bertz CT molecular complexity index is 961. The standard InChI is InChI=1S/C19H21FN2O5S/c1-12(14-7-9-16(20)10-8-14)22-18(23)13(2)27-19(24)15-5-4-6-17(11-15)28(25,26)21-3/h4-13,21H,1-3H3,(H,22,23)/t12-,13-/m1/s1. The second-order valence-electron chi connectivity index (χ2n) is 6.06. The van der Waals surface area contributed by atoms with E-state index in [1.54, 1.807) is 19.1 Å². The van der Waals surface area contributed by atoms with E-state index in [0.717, 1.165) is 0 Å². The molecule has 2 aromatic rings. The van der Waals surface area contributed by atoms with E-state index < -0.39 is 34.0 Å². The van der Waals surface area contributed by atoms with Crippen molar-refractivity contribution < 1.29 is 27.1 Å². The molecule has 0 heterocycles. The van der Waals surface area contributed by atoms with Crippen molar-refractivity contribution >= 4 is 21.9 Å². The van der Waals surface area contributed by atoms with Crippen LogP contribution in [0.1, 0.15) is 35.8 Å². The van der Waals surface area contributed by atoms with Crippen LogP contribution in [-0.4, -0.2) is 33.4 Å². The van der Waals surface area contributed by atoms with Gasteiger partial charge in [0.05, 0.1) is 16.5 Å². The number of amides is 1. The molecule has 0 aliphatic carbocycles. The lowest BCUT2D eigenvalue weighted by molar-refractivity contribution is -0.129. The number of rotatable bonds is 7. The number of esters is 1. The maximum Gasteiger partial charge on any atom is 0.338 e. The second-order valence-corrected chi connectivity index (χ2v) is 7.95. The monoisotopic (exact) mass is 408 g/mol. The van der Waals surface area contributed by atoms with Gasteiger partial charge in [-0.15, -0.1) is 0 Å². The second kappa shape index (κ2) is 8.94. The molecule has 7 nitrogen and oxygen atoms in total. The van der Waals surface area contributed by atoms with Gasteiger partial charge in [0.1, 0.15) is 5.82 Å². The van der Waals surface area contributed by atoms with Crippen molar-refractivity contribution in [1.29, 1.82) is 0 Å². The zero-order chi connectivity index (χ0) is 20.9. The molecule has 28 heavy (non-hydrogen) atoms. The van der Waals surface area contributed by atoms with Crippen LogP contribution in [0.25, 0.3) is 0 Å². The molecule has 2 N–H and O–H groups in total. The van der Waals surface area contributed by atoms with Crippen LogP contribution in [0.2, 0.25) is 0 Å². The van der Waals surface area contributed by atoms with Crippen molar-refractivity contribution in [3.63, 3.8) is 0 Å². The Hall–Kier alpha value is -2.78. The predicted octanol–water partition coefficient (Wildman–Crippen LogP) is 2.16. The Morgan fingerprint density at radius 1 is 1.07 bits per heavy atom. The fraction of sp³-hybridized carbons (Fsp3) is 0.263. The molecule has 0 aromatic heterocycles. The summed E-state index contributed by atoms with van der Waals surface area (Å²) in [6, 6.07) is 10.5. The smallest absolute Gasteiger partial charge is 0.338 e. The van der Waals surface area contributed by atoms with Gasteiger partial charge in [0.15, 0.2) is 6.10 Å². The molecule has 0 bridgehead atoms. The predicted molar refractivity (Wildman–Crippen MR) is 101 cm³/mol. The van der Waals surface area contributed by atoms with Gasteiger partial charge in [-0.2, -0.15) is 0 Å². The largest absolute Gasteiger partial charge is 0.449 e. The molecular weight excluding hydrogens is 387 g/mol. The van der Waals surface area contributed by atoms with Gasteiger partial charge in [-0.1, -0.05) is 18.2 Å². The Morgan fingerprint density at radius 3 is 2.32 bits per heavy atom. The summed E-state index contributed by atoms with van der Waals surface area (Å²) >= 11 is 0. The third-order valence-corrected chi connectivity index (χ3v) is 5.44. The summed E-state index contributed by atoms with van der Waals surface area (Å²) in [5, 5.41) is 2.67. The summed E-state index contributed by atoms with van der Waals surface area (Å²) in [4.78, 5) is 24.4. The highest BCUT2D eigenvalue weighted by Crippen LogP contribution is 2.15. The Morgan fingerprint density at radius 2 is 1.71 bits per heavy atom. The number of benzene rings is 2. The molecule has 0 saturated heterocycles. The average molecular weight is 408 g/mol. The molecule has 0 aliphatic rings. The van der Waals surface area contributed by atoms with Crippen LogP contribution in [0, 0.1) is 5.82 Å². The first-order valence-electron chi connectivity index (χ1n) is 8.44. The first kappa shape index (κ1) is 21.5. The van der Waals surface area contributed by atoms with E-state index in [1.165, 1.54) is 50.4 Å². The van der Waals surface area contributed by atoms with Crippen molar-refractivity contribution in [3.05, 3.63) is 65.5 Å². The van der Waals surface area contributed by atoms with E-state index in [4.69, 9.17) is 4.74 Å². The SMILES string of the molecule is CNS(=O)(=O)c1cccc(C(=O)O[C@H](C)C(=O)N[C@H](C)c2ccc(F)cc2)c1. The summed E-state index contributed by atoms with van der Waals surface area (Å²) < 4.78 is 43.9. The summed E-state index contributed by atoms with van der Waals surface area (Å²) in [6.45, 7) is 3.12. The Labute approximate surface area is 163 Å². The molecule has 1 amide bonds. The van der Waals surface area contributed by atoms with E-state index in [0.29, 0.717) is 5.56 Å². The zero-order valence-electron chi connectivity index (χ0n) is 15.6. The molecule has 150 valence electrons. The van der Waals surface area contributed by atoms with Crippen LogP contribution in [-0.2, 0) is 19.6 Å². The van der Waals surface area contributed by atoms with Gasteiger partial charge in [-0.3, -0.25) is 4.79 Å². The molecule has 0 aliphatic heterocycles. The van der Waals surface area contributed by atoms with Crippen molar-refractivity contribution in [2.75, 3.05) is 7.05 Å². The van der Waals surface area contributed by atoms with Crippen molar-refractivity contribution in [2.24, 2.45) is 0 Å². The normalized spacial score (nSPS) is 13.4. The number of carbonyl (C=O) groups is 2. The van der Waals surface area contributed by atoms with E-state index >= 15 is 0 Å². The minimum absolute atomic E-state index is 0.00237. The molecule has 0 unspecified atom stereocenters. The number of hydrogen-bond acceptors (Lipinski definition) is 5. The van der Waals surface area contributed by atoms with E-state index in [2.05, 4.69) is 10.0 Å². The van der Waals surface area contributed by atoms with Gasteiger partial charge >= 0.3 is 5.97 Å². The average Bonchev–Trinajstić information content (AvgIpc) is 2.68. The fourth-order valence-electron chi connectivity index (χ4n) is 2.36. The molecule has 2 atom stereocenters. The number of hydrogen-bond donors (Lipinski definition) is 2. The number of nitrogens with one attached hydrogen (secondary N) is 2. The number of ether oxygens (including phenoxy) is 1. The summed E-state index contributed by atoms with van der Waals surface area (Å²) in [5.41, 5.74) is 0.695. The first-order valence-corrected chi connectivity index (χ1v) is 9.93. The van der Waals surface area contributed by atoms with Crippen LogP contribution in [0.3, 0.4) is 0 Å². The minimum atomic E-state index is -3.71. The molecular formula is C19H21FN2O5S. The minimum Gasteiger partial charge on any atom is -0.449 e. The van der Waals surface area contributed by atoms with Crippen LogP contribution in [0.15, 0.2) is 53.4 Å². The van der Waals surface area contributed by atoms with Crippen molar-refractivity contribution in [3.8, 4) is 0 Å². The van der Waals surface area contributed by atoms with E-state index in [-0.39, 0.29) is 16.3 Å². The molecule has 2 rings (SSSR count). The van der Waals surface area contributed by atoms with E-state index in [9.17, 15) is 22.4 Å². The quantitative estimate of drug-likeness (QED) is 0.684. The van der Waals surface area contributed by atoms with Gasteiger partial charge < -0.3 is 10.1 Å². The third kappa shape index (κ3) is 5.37. The Kier molecular flexibility index (Phi) is 6.87. The van der Waals surface area contributed by atoms with Gasteiger partial charge in [0.25, 0.3) is 5.91 Å². The molecule has 0 radical (unpaired) electrons. The fourth-order valence-corrected chi connectivity index (χ4v) is 3.13. The highest BCUT2D eigenvalue weighted by molar-refractivity contribution is 7.89. The number of halogens is 1. The molecule has 9 heteroatoms. The zero-order valence-corrected chi connectivity index (χ0v) is 16.4. The third-order valence-electron chi connectivity index (χ3n) is 4.03. The number of sulfonamides is 1. The van der Waals surface area contributed by atoms with Crippen LogP contribution < -0.4 is 10.0 Å². The van der Waals surface area contributed by atoms with Gasteiger partial charge in [-0.25, -0.2) is 22.3 Å². The van der Waals surface area contributed by atoms with Crippen molar-refractivity contribution in [2.45, 2.75) is 30.9 Å². The number of carbonyl (C=O) groups excluding carboxylic acids is 2. The highest BCUT2D eigenvalue weighted by Gasteiger charge is 2.22. The summed E-state index contributed by atoms with van der Waals surface area (Å²) in [7, 11) is -2.45. The van der Waals surface area contributed by atoms with Crippen LogP contribution >= 0.6 is 0 Å². The highest BCUT2D eigenvalue weighted by atomic mass is 32.2. The summed E-state index contributed by atoms with van der Waals surface area (Å²) in [6.07, 6.45) is -1.11. The van der Waals surface area contributed by atoms with Gasteiger partial charge in [0, 0.05) is 0 Å². The van der Waals surface area contributed by atoms with Crippen LogP contribution in [0.5, 0.6) is 0 Å². The Balaban J connectivity index is 2.02. The molecule has 0 spiro atoms. The lowest BCUT2D eigenvalue weighted by atomic mass is 10.1. The van der Waals surface area contributed by atoms with Crippen LogP contribution in [0.4, 0.5) is 4.39 Å². The molecule has 0 fully saturated rings. The van der Waals surface area contributed by atoms with Crippen molar-refractivity contribution in [1.82, 2.24) is 10.0 Å². The first-order chi connectivity index (χ1) is 13.1. The maximum absolute atomic E-state index is 13.0. The molecule has 2 aromatic carbocycles. The van der Waals surface area contributed by atoms with E-state index in [1.807, 2.05) is 0 Å². The topological polar surface area (TPSA) is 102 Å². The lowest BCUT2D eigenvalue weighted by Crippen LogP contribution is -2.37. The van der Waals surface area contributed by atoms with Gasteiger partial charge in [-0.05, 0) is 56.8 Å². The lowest BCUT2D eigenvalue weighted by Gasteiger charge is -2.18.